The van der Waals surface area contributed by atoms with Crippen molar-refractivity contribution in [1.29, 1.82) is 0 Å². The number of benzene rings is 1. The van der Waals surface area contributed by atoms with Gasteiger partial charge in [-0.2, -0.15) is 13.2 Å². The van der Waals surface area contributed by atoms with Gasteiger partial charge in [0.2, 0.25) is 0 Å². The van der Waals surface area contributed by atoms with Crippen LogP contribution in [0.3, 0.4) is 0 Å². The van der Waals surface area contributed by atoms with Gasteiger partial charge in [-0.1, -0.05) is 13.8 Å². The highest BCUT2D eigenvalue weighted by Gasteiger charge is 2.31. The summed E-state index contributed by atoms with van der Waals surface area (Å²) in [6, 6.07) is 2.43. The van der Waals surface area contributed by atoms with Crippen molar-refractivity contribution in [2.24, 2.45) is 5.92 Å². The molecule has 20 heavy (non-hydrogen) atoms. The third-order valence-corrected chi connectivity index (χ3v) is 2.85. The maximum Gasteiger partial charge on any atom is 0.416 e. The van der Waals surface area contributed by atoms with E-state index in [4.69, 9.17) is 5.11 Å². The monoisotopic (exact) mass is 291 g/mol. The zero-order valence-corrected chi connectivity index (χ0v) is 11.0. The molecule has 3 N–H and O–H groups in total. The Balaban J connectivity index is 3.00. The van der Waals surface area contributed by atoms with E-state index in [-0.39, 0.29) is 18.2 Å². The molecule has 0 spiro atoms. The second kappa shape index (κ2) is 6.13. The summed E-state index contributed by atoms with van der Waals surface area (Å²) in [5.74, 6) is -1.51. The van der Waals surface area contributed by atoms with E-state index in [1.54, 1.807) is 13.8 Å². The number of aromatic carboxylic acids is 1. The molecule has 0 heterocycles. The molecule has 1 aromatic carbocycles. The Morgan fingerprint density at radius 1 is 1.35 bits per heavy atom. The fourth-order valence-corrected chi connectivity index (χ4v) is 1.50. The first-order chi connectivity index (χ1) is 9.12. The van der Waals surface area contributed by atoms with Crippen molar-refractivity contribution < 1.29 is 28.2 Å². The molecule has 7 heteroatoms. The van der Waals surface area contributed by atoms with Gasteiger partial charge >= 0.3 is 12.1 Å². The highest BCUT2D eigenvalue weighted by atomic mass is 19.4. The first-order valence-corrected chi connectivity index (χ1v) is 5.99. The van der Waals surface area contributed by atoms with E-state index in [2.05, 4.69) is 5.32 Å². The number of carbonyl (C=O) groups is 1. The molecule has 4 nitrogen and oxygen atoms in total. The molecule has 0 radical (unpaired) electrons. The molecular weight excluding hydrogens is 275 g/mol. The van der Waals surface area contributed by atoms with Crippen molar-refractivity contribution >= 4 is 11.7 Å². The summed E-state index contributed by atoms with van der Waals surface area (Å²) in [5, 5.41) is 21.2. The van der Waals surface area contributed by atoms with E-state index >= 15 is 0 Å². The first kappa shape index (κ1) is 16.3. The summed E-state index contributed by atoms with van der Waals surface area (Å²) in [6.45, 7) is 3.61. The zero-order valence-electron chi connectivity index (χ0n) is 11.0. The van der Waals surface area contributed by atoms with Crippen molar-refractivity contribution in [3.05, 3.63) is 29.3 Å². The molecule has 1 atom stereocenters. The highest BCUT2D eigenvalue weighted by Crippen LogP contribution is 2.31. The molecule has 0 fully saturated rings. The van der Waals surface area contributed by atoms with Gasteiger partial charge in [0.15, 0.2) is 0 Å². The fourth-order valence-electron chi connectivity index (χ4n) is 1.50. The van der Waals surface area contributed by atoms with Gasteiger partial charge in [0.25, 0.3) is 0 Å². The summed E-state index contributed by atoms with van der Waals surface area (Å²) in [6.07, 6.45) is -5.32. The lowest BCUT2D eigenvalue weighted by atomic mass is 10.1. The van der Waals surface area contributed by atoms with E-state index in [9.17, 15) is 23.1 Å². The molecule has 0 aromatic heterocycles. The molecule has 0 aliphatic heterocycles. The molecular formula is C13H16F3NO3. The predicted molar refractivity (Wildman–Crippen MR) is 67.7 cm³/mol. The van der Waals surface area contributed by atoms with Crippen LogP contribution in [0.2, 0.25) is 0 Å². The average molecular weight is 291 g/mol. The van der Waals surface area contributed by atoms with E-state index in [0.29, 0.717) is 6.07 Å². The quantitative estimate of drug-likeness (QED) is 0.780. The van der Waals surface area contributed by atoms with E-state index in [1.807, 2.05) is 0 Å². The maximum atomic E-state index is 12.5. The van der Waals surface area contributed by atoms with Crippen LogP contribution >= 0.6 is 0 Å². The minimum atomic E-state index is -4.60. The lowest BCUT2D eigenvalue weighted by Gasteiger charge is -2.17. The standard InChI is InChI=1S/C13H16F3NO3/c1-7(2)11(18)6-17-10-4-3-8(13(14,15)16)5-9(10)12(19)20/h3-5,7,11,17-18H,6H2,1-2H3,(H,19,20). The number of carboxylic acid groups (broad SMARTS) is 1. The minimum absolute atomic E-state index is 0.0465. The van der Waals surface area contributed by atoms with Gasteiger partial charge in [0.1, 0.15) is 0 Å². The van der Waals surface area contributed by atoms with Crippen LogP contribution in [-0.4, -0.2) is 28.8 Å². The van der Waals surface area contributed by atoms with Crippen molar-refractivity contribution in [2.45, 2.75) is 26.1 Å². The maximum absolute atomic E-state index is 12.5. The van der Waals surface area contributed by atoms with Gasteiger partial charge in [-0.3, -0.25) is 0 Å². The second-order valence-electron chi connectivity index (χ2n) is 4.76. The molecule has 0 amide bonds. The largest absolute Gasteiger partial charge is 0.478 e. The topological polar surface area (TPSA) is 69.6 Å². The van der Waals surface area contributed by atoms with Crippen LogP contribution in [0.4, 0.5) is 18.9 Å². The number of rotatable bonds is 5. The number of aliphatic hydroxyl groups is 1. The van der Waals surface area contributed by atoms with E-state index < -0.39 is 29.4 Å². The number of alkyl halides is 3. The molecule has 0 saturated carbocycles. The van der Waals surface area contributed by atoms with Crippen LogP contribution in [0, 0.1) is 5.92 Å². The number of hydrogen-bond acceptors (Lipinski definition) is 3. The predicted octanol–water partition coefficient (Wildman–Crippen LogP) is 2.83. The third kappa shape index (κ3) is 4.12. The lowest BCUT2D eigenvalue weighted by molar-refractivity contribution is -0.137. The number of hydrogen-bond donors (Lipinski definition) is 3. The summed E-state index contributed by atoms with van der Waals surface area (Å²) < 4.78 is 37.6. The van der Waals surface area contributed by atoms with Gasteiger partial charge in [0.05, 0.1) is 17.2 Å². The Bertz CT molecular complexity index is 486. The van der Waals surface area contributed by atoms with Crippen LogP contribution < -0.4 is 5.32 Å². The molecule has 1 aromatic rings. The molecule has 0 bridgehead atoms. The number of nitrogens with one attached hydrogen (secondary N) is 1. The van der Waals surface area contributed by atoms with Crippen LogP contribution in [0.15, 0.2) is 18.2 Å². The van der Waals surface area contributed by atoms with E-state index in [1.165, 1.54) is 0 Å². The SMILES string of the molecule is CC(C)C(O)CNc1ccc(C(F)(F)F)cc1C(=O)O. The van der Waals surface area contributed by atoms with Crippen LogP contribution in [0.25, 0.3) is 0 Å². The highest BCUT2D eigenvalue weighted by molar-refractivity contribution is 5.94. The Morgan fingerprint density at radius 3 is 2.40 bits per heavy atom. The summed E-state index contributed by atoms with van der Waals surface area (Å²) >= 11 is 0. The smallest absolute Gasteiger partial charge is 0.416 e. The summed E-state index contributed by atoms with van der Waals surface area (Å²) in [5.41, 5.74) is -1.45. The summed E-state index contributed by atoms with van der Waals surface area (Å²) in [7, 11) is 0. The third-order valence-electron chi connectivity index (χ3n) is 2.85. The van der Waals surface area contributed by atoms with Gasteiger partial charge in [-0.05, 0) is 24.1 Å². The van der Waals surface area contributed by atoms with Crippen LogP contribution in [0.1, 0.15) is 29.8 Å². The first-order valence-electron chi connectivity index (χ1n) is 5.99. The van der Waals surface area contributed by atoms with Crippen molar-refractivity contribution in [2.75, 3.05) is 11.9 Å². The zero-order chi connectivity index (χ0) is 15.5. The molecule has 0 saturated heterocycles. The normalized spacial score (nSPS) is 13.3. The Morgan fingerprint density at radius 2 is 1.95 bits per heavy atom. The number of halogens is 3. The molecule has 0 aliphatic rings. The Labute approximate surface area is 114 Å². The number of anilines is 1. The van der Waals surface area contributed by atoms with Crippen molar-refractivity contribution in [3.63, 3.8) is 0 Å². The molecule has 1 unspecified atom stereocenters. The summed E-state index contributed by atoms with van der Waals surface area (Å²) in [4.78, 5) is 11.0. The number of aliphatic hydroxyl groups excluding tert-OH is 1. The molecule has 0 aliphatic carbocycles. The molecule has 1 rings (SSSR count). The minimum Gasteiger partial charge on any atom is -0.478 e. The Kier molecular flexibility index (Phi) is 4.99. The lowest BCUT2D eigenvalue weighted by Crippen LogP contribution is -2.25. The average Bonchev–Trinajstić information content (AvgIpc) is 2.34. The van der Waals surface area contributed by atoms with Crippen molar-refractivity contribution in [1.82, 2.24) is 0 Å². The number of carboxylic acids is 1. The van der Waals surface area contributed by atoms with E-state index in [0.717, 1.165) is 12.1 Å². The molecule has 112 valence electrons. The van der Waals surface area contributed by atoms with Gasteiger partial charge in [-0.25, -0.2) is 4.79 Å². The van der Waals surface area contributed by atoms with Crippen molar-refractivity contribution in [3.8, 4) is 0 Å². The van der Waals surface area contributed by atoms with Gasteiger partial charge in [0, 0.05) is 12.2 Å². The van der Waals surface area contributed by atoms with Crippen LogP contribution in [-0.2, 0) is 6.18 Å². The van der Waals surface area contributed by atoms with Crippen LogP contribution in [0.5, 0.6) is 0 Å². The Hall–Kier alpha value is -1.76. The van der Waals surface area contributed by atoms with Gasteiger partial charge < -0.3 is 15.5 Å². The van der Waals surface area contributed by atoms with Gasteiger partial charge in [-0.15, -0.1) is 0 Å². The fraction of sp³-hybridized carbons (Fsp3) is 0.462. The second-order valence-corrected chi connectivity index (χ2v) is 4.76.